The molecule has 0 saturated carbocycles. The van der Waals surface area contributed by atoms with E-state index in [9.17, 15) is 0 Å². The largest absolute Gasteiger partial charge is 0.355 e. The minimum atomic E-state index is 0.489. The van der Waals surface area contributed by atoms with Crippen molar-refractivity contribution >= 4 is 0 Å². The van der Waals surface area contributed by atoms with Crippen LogP contribution in [0.3, 0.4) is 0 Å². The quantitative estimate of drug-likeness (QED) is 0.557. The summed E-state index contributed by atoms with van der Waals surface area (Å²) in [5.74, 6) is 1.42. The Hall–Kier alpha value is -0.0800. The summed E-state index contributed by atoms with van der Waals surface area (Å²) in [4.78, 5) is 0. The topological polar surface area (TPSA) is 18.5 Å². The Bertz CT molecular complexity index is 83.3. The molecule has 0 aromatic heterocycles. The Morgan fingerprint density at radius 3 is 2.80 bits per heavy atom. The zero-order valence-corrected chi connectivity index (χ0v) is 6.80. The molecule has 60 valence electrons. The van der Waals surface area contributed by atoms with Gasteiger partial charge in [-0.3, -0.25) is 0 Å². The van der Waals surface area contributed by atoms with Crippen LogP contribution in [0.2, 0.25) is 0 Å². The van der Waals surface area contributed by atoms with Crippen molar-refractivity contribution in [3.05, 3.63) is 0 Å². The summed E-state index contributed by atoms with van der Waals surface area (Å²) in [6.07, 6.45) is 1.15. The van der Waals surface area contributed by atoms with Crippen molar-refractivity contribution in [2.75, 3.05) is 20.0 Å². The van der Waals surface area contributed by atoms with Gasteiger partial charge in [0.2, 0.25) is 0 Å². The van der Waals surface area contributed by atoms with Crippen molar-refractivity contribution < 1.29 is 9.47 Å². The Morgan fingerprint density at radius 1 is 1.30 bits per heavy atom. The lowest BCUT2D eigenvalue weighted by Gasteiger charge is -2.15. The number of hydrogen-bond acceptors (Lipinski definition) is 2. The molecule has 1 aliphatic rings. The SMILES string of the molecule is CC(C)C1CCOCOC1. The second kappa shape index (κ2) is 3.94. The molecule has 2 nitrogen and oxygen atoms in total. The van der Waals surface area contributed by atoms with E-state index < -0.39 is 0 Å². The van der Waals surface area contributed by atoms with Gasteiger partial charge in [-0.15, -0.1) is 0 Å². The van der Waals surface area contributed by atoms with E-state index in [0.29, 0.717) is 12.7 Å². The Balaban J connectivity index is 2.28. The molecular formula is C8H16O2. The molecule has 0 radical (unpaired) electrons. The third-order valence-electron chi connectivity index (χ3n) is 2.07. The van der Waals surface area contributed by atoms with E-state index in [1.54, 1.807) is 0 Å². The van der Waals surface area contributed by atoms with E-state index in [2.05, 4.69) is 13.8 Å². The van der Waals surface area contributed by atoms with Gasteiger partial charge in [0.15, 0.2) is 0 Å². The van der Waals surface area contributed by atoms with E-state index in [-0.39, 0.29) is 0 Å². The van der Waals surface area contributed by atoms with Crippen LogP contribution in [0.4, 0.5) is 0 Å². The van der Waals surface area contributed by atoms with Gasteiger partial charge in [0, 0.05) is 6.61 Å². The zero-order valence-electron chi connectivity index (χ0n) is 6.80. The average Bonchev–Trinajstić information content (AvgIpc) is 2.12. The van der Waals surface area contributed by atoms with Crippen molar-refractivity contribution in [2.24, 2.45) is 11.8 Å². The van der Waals surface area contributed by atoms with Gasteiger partial charge >= 0.3 is 0 Å². The number of ether oxygens (including phenoxy) is 2. The minimum Gasteiger partial charge on any atom is -0.355 e. The van der Waals surface area contributed by atoms with Crippen molar-refractivity contribution in [1.82, 2.24) is 0 Å². The standard InChI is InChI=1S/C8H16O2/c1-7(2)8-3-4-9-6-10-5-8/h7-8H,3-6H2,1-2H3. The highest BCUT2D eigenvalue weighted by atomic mass is 16.7. The number of rotatable bonds is 1. The summed E-state index contributed by atoms with van der Waals surface area (Å²) in [5.41, 5.74) is 0. The van der Waals surface area contributed by atoms with Crippen LogP contribution in [0.25, 0.3) is 0 Å². The first kappa shape index (κ1) is 8.02. The smallest absolute Gasteiger partial charge is 0.146 e. The predicted molar refractivity (Wildman–Crippen MR) is 39.7 cm³/mol. The number of hydrogen-bond donors (Lipinski definition) is 0. The molecule has 0 amide bonds. The molecule has 10 heavy (non-hydrogen) atoms. The van der Waals surface area contributed by atoms with Crippen LogP contribution >= 0.6 is 0 Å². The van der Waals surface area contributed by atoms with Gasteiger partial charge in [-0.25, -0.2) is 0 Å². The van der Waals surface area contributed by atoms with E-state index in [0.717, 1.165) is 25.6 Å². The highest BCUT2D eigenvalue weighted by Gasteiger charge is 2.15. The fourth-order valence-corrected chi connectivity index (χ4v) is 1.16. The van der Waals surface area contributed by atoms with Crippen molar-refractivity contribution in [3.8, 4) is 0 Å². The monoisotopic (exact) mass is 144 g/mol. The average molecular weight is 144 g/mol. The van der Waals surface area contributed by atoms with Crippen molar-refractivity contribution in [3.63, 3.8) is 0 Å². The highest BCUT2D eigenvalue weighted by Crippen LogP contribution is 2.17. The lowest BCUT2D eigenvalue weighted by atomic mass is 9.94. The second-order valence-electron chi connectivity index (χ2n) is 3.19. The van der Waals surface area contributed by atoms with Crippen LogP contribution in [0.5, 0.6) is 0 Å². The van der Waals surface area contributed by atoms with Crippen molar-refractivity contribution in [2.45, 2.75) is 20.3 Å². The predicted octanol–water partition coefficient (Wildman–Crippen LogP) is 1.65. The lowest BCUT2D eigenvalue weighted by Crippen LogP contribution is -2.14. The van der Waals surface area contributed by atoms with E-state index >= 15 is 0 Å². The van der Waals surface area contributed by atoms with Crippen LogP contribution in [-0.4, -0.2) is 20.0 Å². The molecule has 1 heterocycles. The first-order valence-electron chi connectivity index (χ1n) is 3.96. The van der Waals surface area contributed by atoms with Crippen LogP contribution < -0.4 is 0 Å². The van der Waals surface area contributed by atoms with Gasteiger partial charge in [-0.1, -0.05) is 13.8 Å². The summed E-state index contributed by atoms with van der Waals surface area (Å²) < 4.78 is 10.4. The van der Waals surface area contributed by atoms with Crippen LogP contribution in [0.15, 0.2) is 0 Å². The van der Waals surface area contributed by atoms with Crippen LogP contribution in [0.1, 0.15) is 20.3 Å². The Labute approximate surface area is 62.5 Å². The van der Waals surface area contributed by atoms with Gasteiger partial charge in [0.25, 0.3) is 0 Å². The highest BCUT2D eigenvalue weighted by molar-refractivity contribution is 4.62. The van der Waals surface area contributed by atoms with Gasteiger partial charge in [-0.05, 0) is 18.3 Å². The molecule has 1 fully saturated rings. The summed E-state index contributed by atoms with van der Waals surface area (Å²) in [6, 6.07) is 0. The molecule has 0 aromatic rings. The second-order valence-corrected chi connectivity index (χ2v) is 3.19. The zero-order chi connectivity index (χ0) is 7.40. The third-order valence-corrected chi connectivity index (χ3v) is 2.07. The fraction of sp³-hybridized carbons (Fsp3) is 1.00. The summed E-state index contributed by atoms with van der Waals surface area (Å²) in [6.45, 7) is 6.70. The molecule has 1 unspecified atom stereocenters. The minimum absolute atomic E-state index is 0.489. The molecule has 0 bridgehead atoms. The molecule has 0 aliphatic carbocycles. The normalized spacial score (nSPS) is 28.5. The van der Waals surface area contributed by atoms with E-state index in [4.69, 9.17) is 9.47 Å². The maximum absolute atomic E-state index is 5.25. The molecule has 0 aromatic carbocycles. The summed E-state index contributed by atoms with van der Waals surface area (Å²) in [5, 5.41) is 0. The Morgan fingerprint density at radius 2 is 2.10 bits per heavy atom. The molecular weight excluding hydrogens is 128 g/mol. The fourth-order valence-electron chi connectivity index (χ4n) is 1.16. The molecule has 1 rings (SSSR count). The maximum atomic E-state index is 5.25. The first-order chi connectivity index (χ1) is 4.80. The lowest BCUT2D eigenvalue weighted by molar-refractivity contribution is -0.0369. The molecule has 1 saturated heterocycles. The summed E-state index contributed by atoms with van der Waals surface area (Å²) in [7, 11) is 0. The van der Waals surface area contributed by atoms with E-state index in [1.165, 1.54) is 0 Å². The molecule has 1 atom stereocenters. The maximum Gasteiger partial charge on any atom is 0.146 e. The van der Waals surface area contributed by atoms with Crippen molar-refractivity contribution in [1.29, 1.82) is 0 Å². The first-order valence-corrected chi connectivity index (χ1v) is 3.96. The van der Waals surface area contributed by atoms with Gasteiger partial charge in [0.05, 0.1) is 6.61 Å². The summed E-state index contributed by atoms with van der Waals surface area (Å²) >= 11 is 0. The molecule has 0 N–H and O–H groups in total. The Kier molecular flexibility index (Phi) is 3.16. The van der Waals surface area contributed by atoms with Crippen LogP contribution in [-0.2, 0) is 9.47 Å². The van der Waals surface area contributed by atoms with Gasteiger partial charge in [0.1, 0.15) is 6.79 Å². The molecule has 1 aliphatic heterocycles. The van der Waals surface area contributed by atoms with Gasteiger partial charge in [-0.2, -0.15) is 0 Å². The van der Waals surface area contributed by atoms with Gasteiger partial charge < -0.3 is 9.47 Å². The molecule has 2 heteroatoms. The molecule has 0 spiro atoms. The van der Waals surface area contributed by atoms with E-state index in [1.807, 2.05) is 0 Å². The third kappa shape index (κ3) is 2.27. The van der Waals surface area contributed by atoms with Crippen LogP contribution in [0, 0.1) is 11.8 Å².